The van der Waals surface area contributed by atoms with E-state index in [9.17, 15) is 9.90 Å². The first-order valence-electron chi connectivity index (χ1n) is 11.9. The van der Waals surface area contributed by atoms with Crippen molar-refractivity contribution >= 4 is 22.4 Å². The van der Waals surface area contributed by atoms with Crippen LogP contribution in [0.1, 0.15) is 56.4 Å². The zero-order valence-electron chi connectivity index (χ0n) is 20.6. The molecule has 8 heteroatoms. The molecule has 2 unspecified atom stereocenters. The molecule has 36 heavy (non-hydrogen) atoms. The number of benzene rings is 2. The number of nitrogens with one attached hydrogen (secondary N) is 1. The fourth-order valence-corrected chi connectivity index (χ4v) is 5.07. The summed E-state index contributed by atoms with van der Waals surface area (Å²) in [4.78, 5) is 18.3. The molecule has 1 aliphatic rings. The Morgan fingerprint density at radius 2 is 1.81 bits per heavy atom. The van der Waals surface area contributed by atoms with Crippen LogP contribution in [0.4, 0.5) is 5.13 Å². The number of anilines is 1. The molecule has 7 nitrogen and oxygen atoms in total. The highest BCUT2D eigenvalue weighted by molar-refractivity contribution is 7.13. The number of carbonyl (C=O) groups is 1. The van der Waals surface area contributed by atoms with Crippen molar-refractivity contribution in [1.82, 2.24) is 15.2 Å². The number of carbonyl (C=O) groups excluding carboxylic acids is 1. The molecule has 4 aromatic rings. The van der Waals surface area contributed by atoms with Crippen LogP contribution in [-0.4, -0.2) is 26.2 Å². The first-order valence-corrected chi connectivity index (χ1v) is 12.8. The highest BCUT2D eigenvalue weighted by Gasteiger charge is 2.44. The molecule has 3 heterocycles. The van der Waals surface area contributed by atoms with E-state index in [2.05, 4.69) is 15.5 Å². The predicted molar refractivity (Wildman–Crippen MR) is 140 cm³/mol. The van der Waals surface area contributed by atoms with Gasteiger partial charge in [-0.1, -0.05) is 87.6 Å². The van der Waals surface area contributed by atoms with Crippen LogP contribution >= 0.6 is 11.3 Å². The molecule has 1 amide bonds. The summed E-state index contributed by atoms with van der Waals surface area (Å²) in [5.41, 5.74) is 5.09. The summed E-state index contributed by atoms with van der Waals surface area (Å²) in [5.74, 6) is 0.868. The number of aliphatic hydroxyl groups excluding tert-OH is 1. The summed E-state index contributed by atoms with van der Waals surface area (Å²) in [6, 6.07) is 19.5. The SMILES string of the molecule is CC(C)C(O)c1ccc(-c2ccc3c(n2)Oc2ccccc2C3C(C)(C)C(=O)Nc2nncs2)cc1. The minimum atomic E-state index is -0.835. The van der Waals surface area contributed by atoms with Crippen molar-refractivity contribution in [3.8, 4) is 22.9 Å². The van der Waals surface area contributed by atoms with E-state index in [1.165, 1.54) is 11.3 Å². The van der Waals surface area contributed by atoms with E-state index in [4.69, 9.17) is 9.72 Å². The second-order valence-electron chi connectivity index (χ2n) is 9.89. The van der Waals surface area contributed by atoms with Crippen molar-refractivity contribution in [1.29, 1.82) is 0 Å². The maximum atomic E-state index is 13.4. The Morgan fingerprint density at radius 3 is 2.50 bits per heavy atom. The van der Waals surface area contributed by atoms with Gasteiger partial charge in [0.05, 0.1) is 17.2 Å². The average Bonchev–Trinajstić information content (AvgIpc) is 3.39. The standard InChI is InChI=1S/C28H28N4O3S/c1-16(2)24(33)18-11-9-17(10-12-18)21-14-13-20-23(19-7-5-6-8-22(19)35-25(20)30-21)28(3,4)26(34)31-27-32-29-15-36-27/h5-16,23-24,33H,1-4H3,(H,31,32,34). The maximum Gasteiger partial charge on any atom is 0.232 e. The number of amides is 1. The van der Waals surface area contributed by atoms with Gasteiger partial charge in [0, 0.05) is 22.6 Å². The third kappa shape index (κ3) is 4.38. The van der Waals surface area contributed by atoms with E-state index < -0.39 is 11.5 Å². The Hall–Kier alpha value is -3.62. The van der Waals surface area contributed by atoms with Crippen LogP contribution in [-0.2, 0) is 4.79 Å². The van der Waals surface area contributed by atoms with Crippen molar-refractivity contribution < 1.29 is 14.6 Å². The fraction of sp³-hybridized carbons (Fsp3) is 0.286. The monoisotopic (exact) mass is 500 g/mol. The number of hydrogen-bond acceptors (Lipinski definition) is 7. The quantitative estimate of drug-likeness (QED) is 0.328. The van der Waals surface area contributed by atoms with Gasteiger partial charge in [-0.3, -0.25) is 4.79 Å². The third-order valence-electron chi connectivity index (χ3n) is 6.70. The van der Waals surface area contributed by atoms with E-state index in [-0.39, 0.29) is 17.7 Å². The van der Waals surface area contributed by atoms with Crippen molar-refractivity contribution in [3.05, 3.63) is 82.9 Å². The van der Waals surface area contributed by atoms with Crippen molar-refractivity contribution in [3.63, 3.8) is 0 Å². The first-order chi connectivity index (χ1) is 17.3. The Bertz CT molecular complexity index is 1380. The lowest BCUT2D eigenvalue weighted by atomic mass is 9.69. The molecule has 0 spiro atoms. The molecule has 0 radical (unpaired) electrons. The summed E-state index contributed by atoms with van der Waals surface area (Å²) < 4.78 is 6.24. The minimum absolute atomic E-state index is 0.135. The van der Waals surface area contributed by atoms with E-state index in [0.29, 0.717) is 16.8 Å². The van der Waals surface area contributed by atoms with E-state index in [1.54, 1.807) is 5.51 Å². The van der Waals surface area contributed by atoms with Crippen LogP contribution < -0.4 is 10.1 Å². The highest BCUT2D eigenvalue weighted by atomic mass is 32.1. The summed E-state index contributed by atoms with van der Waals surface area (Å²) in [7, 11) is 0. The molecule has 0 bridgehead atoms. The van der Waals surface area contributed by atoms with Gasteiger partial charge in [0.25, 0.3) is 0 Å². The summed E-state index contributed by atoms with van der Waals surface area (Å²) >= 11 is 1.28. The van der Waals surface area contributed by atoms with Crippen LogP contribution in [0, 0.1) is 11.3 Å². The fourth-order valence-electron chi connectivity index (χ4n) is 4.63. The molecule has 0 fully saturated rings. The molecule has 0 aliphatic carbocycles. The van der Waals surface area contributed by atoms with Gasteiger partial charge in [0.1, 0.15) is 11.3 Å². The molecular formula is C28H28N4O3S. The second kappa shape index (κ2) is 9.44. The number of rotatable bonds is 6. The Labute approximate surface area is 214 Å². The molecule has 2 aromatic heterocycles. The Kier molecular flexibility index (Phi) is 6.32. The molecule has 5 rings (SSSR count). The van der Waals surface area contributed by atoms with Crippen LogP contribution in [0.5, 0.6) is 11.6 Å². The number of para-hydroxylation sites is 1. The largest absolute Gasteiger partial charge is 0.438 e. The number of ether oxygens (including phenoxy) is 1. The van der Waals surface area contributed by atoms with E-state index in [1.807, 2.05) is 88.4 Å². The highest BCUT2D eigenvalue weighted by Crippen LogP contribution is 2.52. The van der Waals surface area contributed by atoms with Gasteiger partial charge < -0.3 is 15.2 Å². The normalized spacial score (nSPS) is 15.6. The lowest BCUT2D eigenvalue weighted by molar-refractivity contribution is -0.124. The van der Waals surface area contributed by atoms with E-state index in [0.717, 1.165) is 27.9 Å². The first kappa shape index (κ1) is 24.1. The average molecular weight is 501 g/mol. The van der Waals surface area contributed by atoms with Gasteiger partial charge in [-0.25, -0.2) is 4.98 Å². The maximum absolute atomic E-state index is 13.4. The predicted octanol–water partition coefficient (Wildman–Crippen LogP) is 6.19. The lowest BCUT2D eigenvalue weighted by Gasteiger charge is -2.37. The van der Waals surface area contributed by atoms with Crippen LogP contribution in [0.15, 0.2) is 66.2 Å². The minimum Gasteiger partial charge on any atom is -0.438 e. The second-order valence-corrected chi connectivity index (χ2v) is 10.7. The molecule has 184 valence electrons. The molecule has 2 N–H and O–H groups in total. The molecule has 0 saturated heterocycles. The van der Waals surface area contributed by atoms with Gasteiger partial charge in [-0.15, -0.1) is 10.2 Å². The summed E-state index contributed by atoms with van der Waals surface area (Å²) in [5, 5.41) is 21.5. The number of aromatic nitrogens is 3. The molecule has 1 aliphatic heterocycles. The van der Waals surface area contributed by atoms with E-state index >= 15 is 0 Å². The number of fused-ring (bicyclic) bond motifs is 2. The van der Waals surface area contributed by atoms with Crippen molar-refractivity contribution in [2.45, 2.75) is 39.7 Å². The zero-order chi connectivity index (χ0) is 25.4. The number of nitrogens with zero attached hydrogens (tertiary/aromatic N) is 3. The lowest BCUT2D eigenvalue weighted by Crippen LogP contribution is -2.38. The van der Waals surface area contributed by atoms with Gasteiger partial charge in [-0.05, 0) is 23.6 Å². The van der Waals surface area contributed by atoms with Gasteiger partial charge in [0.2, 0.25) is 16.9 Å². The third-order valence-corrected chi connectivity index (χ3v) is 7.31. The smallest absolute Gasteiger partial charge is 0.232 e. The van der Waals surface area contributed by atoms with Crippen molar-refractivity contribution in [2.24, 2.45) is 11.3 Å². The van der Waals surface area contributed by atoms with Gasteiger partial charge in [0.15, 0.2) is 0 Å². The van der Waals surface area contributed by atoms with Crippen LogP contribution in [0.2, 0.25) is 0 Å². The van der Waals surface area contributed by atoms with Crippen LogP contribution in [0.3, 0.4) is 0 Å². The number of pyridine rings is 1. The number of hydrogen-bond donors (Lipinski definition) is 2. The van der Waals surface area contributed by atoms with Crippen molar-refractivity contribution in [2.75, 3.05) is 5.32 Å². The Morgan fingerprint density at radius 1 is 1.06 bits per heavy atom. The summed E-state index contributed by atoms with van der Waals surface area (Å²) in [6.45, 7) is 7.83. The number of aliphatic hydroxyl groups is 1. The van der Waals surface area contributed by atoms with Crippen LogP contribution in [0.25, 0.3) is 11.3 Å². The topological polar surface area (TPSA) is 97.2 Å². The molecule has 2 atom stereocenters. The molecule has 0 saturated carbocycles. The molecule has 2 aromatic carbocycles. The Balaban J connectivity index is 1.52. The van der Waals surface area contributed by atoms with Gasteiger partial charge in [-0.2, -0.15) is 0 Å². The van der Waals surface area contributed by atoms with Gasteiger partial charge >= 0.3 is 0 Å². The summed E-state index contributed by atoms with van der Waals surface area (Å²) in [6.07, 6.45) is -0.510. The molecular weight excluding hydrogens is 472 g/mol. The zero-order valence-corrected chi connectivity index (χ0v) is 21.4.